The van der Waals surface area contributed by atoms with Crippen molar-refractivity contribution >= 4 is 17.2 Å². The fourth-order valence-corrected chi connectivity index (χ4v) is 2.25. The van der Waals surface area contributed by atoms with Crippen LogP contribution in [-0.2, 0) is 6.54 Å². The van der Waals surface area contributed by atoms with Crippen molar-refractivity contribution in [1.82, 2.24) is 24.7 Å². The molecule has 0 aliphatic heterocycles. The van der Waals surface area contributed by atoms with E-state index in [2.05, 4.69) is 34.5 Å². The summed E-state index contributed by atoms with van der Waals surface area (Å²) in [6, 6.07) is 5.43. The van der Waals surface area contributed by atoms with Gasteiger partial charge in [-0.1, -0.05) is 13.8 Å². The van der Waals surface area contributed by atoms with Crippen molar-refractivity contribution in [3.05, 3.63) is 41.7 Å². The minimum absolute atomic E-state index is 0.160. The first-order chi connectivity index (χ1) is 11.5. The van der Waals surface area contributed by atoms with Gasteiger partial charge in [0.2, 0.25) is 5.65 Å². The lowest BCUT2D eigenvalue weighted by atomic mass is 10.1. The number of anilines is 1. The van der Waals surface area contributed by atoms with Gasteiger partial charge in [0.1, 0.15) is 12.1 Å². The highest BCUT2D eigenvalue weighted by Crippen LogP contribution is 2.21. The third-order valence-corrected chi connectivity index (χ3v) is 3.61. The molecular weight excluding hydrogens is 308 g/mol. The molecule has 3 heterocycles. The number of carbonyl (C=O) groups is 1. The lowest BCUT2D eigenvalue weighted by molar-refractivity contribution is 0.0795. The normalized spacial score (nSPS) is 11.2. The van der Waals surface area contributed by atoms with Crippen LogP contribution >= 0.6 is 0 Å². The third kappa shape index (κ3) is 3.08. The van der Waals surface area contributed by atoms with Gasteiger partial charge in [-0.3, -0.25) is 4.79 Å². The van der Waals surface area contributed by atoms with Crippen molar-refractivity contribution in [2.75, 3.05) is 19.4 Å². The van der Waals surface area contributed by atoms with E-state index in [1.807, 2.05) is 6.07 Å². The lowest BCUT2D eigenvalue weighted by Gasteiger charge is -2.10. The molecule has 0 saturated carbocycles. The molecule has 8 nitrogen and oxygen atoms in total. The summed E-state index contributed by atoms with van der Waals surface area (Å²) in [7, 11) is 3.38. The summed E-state index contributed by atoms with van der Waals surface area (Å²) in [5.74, 6) is 1.11. The maximum atomic E-state index is 11.9. The molecule has 126 valence electrons. The number of rotatable bonds is 5. The van der Waals surface area contributed by atoms with Crippen molar-refractivity contribution in [2.45, 2.75) is 26.3 Å². The van der Waals surface area contributed by atoms with Crippen LogP contribution in [0.15, 0.2) is 28.9 Å². The largest absolute Gasteiger partial charge is 0.454 e. The van der Waals surface area contributed by atoms with E-state index in [1.165, 1.54) is 4.90 Å². The SMILES string of the molecule is CC(C)c1cc(NCc2ccc(C(=O)N(C)C)o2)c2nncn2n1. The number of carbonyl (C=O) groups excluding carboxylic acids is 1. The molecule has 0 spiro atoms. The minimum atomic E-state index is -0.160. The Kier molecular flexibility index (Phi) is 4.20. The summed E-state index contributed by atoms with van der Waals surface area (Å²) < 4.78 is 7.24. The Bertz CT molecular complexity index is 864. The van der Waals surface area contributed by atoms with Crippen molar-refractivity contribution < 1.29 is 9.21 Å². The van der Waals surface area contributed by atoms with E-state index in [0.29, 0.717) is 23.7 Å². The van der Waals surface area contributed by atoms with Gasteiger partial charge in [-0.2, -0.15) is 9.61 Å². The molecule has 3 rings (SSSR count). The predicted molar refractivity (Wildman–Crippen MR) is 88.9 cm³/mol. The van der Waals surface area contributed by atoms with Gasteiger partial charge in [0, 0.05) is 14.1 Å². The van der Waals surface area contributed by atoms with Crippen LogP contribution in [0.2, 0.25) is 0 Å². The van der Waals surface area contributed by atoms with Gasteiger partial charge in [-0.25, -0.2) is 0 Å². The topological polar surface area (TPSA) is 88.6 Å². The molecule has 24 heavy (non-hydrogen) atoms. The highest BCUT2D eigenvalue weighted by Gasteiger charge is 2.14. The zero-order chi connectivity index (χ0) is 17.3. The number of fused-ring (bicyclic) bond motifs is 1. The van der Waals surface area contributed by atoms with E-state index in [-0.39, 0.29) is 11.8 Å². The summed E-state index contributed by atoms with van der Waals surface area (Å²) >= 11 is 0. The summed E-state index contributed by atoms with van der Waals surface area (Å²) in [6.07, 6.45) is 1.58. The average molecular weight is 328 g/mol. The maximum absolute atomic E-state index is 11.9. The van der Waals surface area contributed by atoms with Crippen molar-refractivity contribution in [3.63, 3.8) is 0 Å². The van der Waals surface area contributed by atoms with Gasteiger partial charge in [0.15, 0.2) is 5.76 Å². The van der Waals surface area contributed by atoms with Crippen LogP contribution in [0, 0.1) is 0 Å². The van der Waals surface area contributed by atoms with Gasteiger partial charge in [0.05, 0.1) is 17.9 Å². The molecule has 0 radical (unpaired) electrons. The zero-order valence-corrected chi connectivity index (χ0v) is 14.1. The Labute approximate surface area is 139 Å². The molecule has 0 atom stereocenters. The standard InChI is InChI=1S/C16H20N6O2/c1-10(2)12-7-13(15-19-18-9-22(15)20-12)17-8-11-5-6-14(24-11)16(23)21(3)4/h5-7,9-10,17H,8H2,1-4H3. The monoisotopic (exact) mass is 328 g/mol. The number of nitrogens with zero attached hydrogens (tertiary/aromatic N) is 5. The number of hydrogen-bond acceptors (Lipinski definition) is 6. The molecular formula is C16H20N6O2. The smallest absolute Gasteiger partial charge is 0.289 e. The van der Waals surface area contributed by atoms with Crippen molar-refractivity contribution in [1.29, 1.82) is 0 Å². The average Bonchev–Trinajstić information content (AvgIpc) is 3.20. The first kappa shape index (κ1) is 16.0. The maximum Gasteiger partial charge on any atom is 0.289 e. The number of furan rings is 1. The second kappa shape index (κ2) is 6.31. The van der Waals surface area contributed by atoms with Gasteiger partial charge in [-0.15, -0.1) is 10.2 Å². The van der Waals surface area contributed by atoms with E-state index < -0.39 is 0 Å². The Morgan fingerprint density at radius 1 is 1.38 bits per heavy atom. The zero-order valence-electron chi connectivity index (χ0n) is 14.1. The molecule has 0 bridgehead atoms. The molecule has 3 aromatic rings. The molecule has 0 fully saturated rings. The van der Waals surface area contributed by atoms with E-state index in [0.717, 1.165) is 11.4 Å². The van der Waals surface area contributed by atoms with E-state index in [1.54, 1.807) is 37.1 Å². The van der Waals surface area contributed by atoms with Crippen LogP contribution in [0.5, 0.6) is 0 Å². The second-order valence-electron chi connectivity index (χ2n) is 6.06. The van der Waals surface area contributed by atoms with Crippen LogP contribution in [0.3, 0.4) is 0 Å². The lowest BCUT2D eigenvalue weighted by Crippen LogP contribution is -2.20. The molecule has 3 aromatic heterocycles. The molecule has 0 aliphatic carbocycles. The fraction of sp³-hybridized carbons (Fsp3) is 0.375. The Morgan fingerprint density at radius 2 is 2.17 bits per heavy atom. The molecule has 0 saturated heterocycles. The molecule has 0 aromatic carbocycles. The Balaban J connectivity index is 1.81. The third-order valence-electron chi connectivity index (χ3n) is 3.61. The summed E-state index contributed by atoms with van der Waals surface area (Å²) in [5, 5.41) is 15.7. The predicted octanol–water partition coefficient (Wildman–Crippen LogP) is 2.15. The summed E-state index contributed by atoms with van der Waals surface area (Å²) in [4.78, 5) is 13.4. The summed E-state index contributed by atoms with van der Waals surface area (Å²) in [6.45, 7) is 4.59. The second-order valence-corrected chi connectivity index (χ2v) is 6.06. The van der Waals surface area contributed by atoms with E-state index in [9.17, 15) is 4.79 Å². The fourth-order valence-electron chi connectivity index (χ4n) is 2.25. The van der Waals surface area contributed by atoms with Gasteiger partial charge < -0.3 is 14.6 Å². The molecule has 0 unspecified atom stereocenters. The number of amides is 1. The highest BCUT2D eigenvalue weighted by molar-refractivity contribution is 5.91. The quantitative estimate of drug-likeness (QED) is 0.772. The van der Waals surface area contributed by atoms with Crippen LogP contribution in [0.25, 0.3) is 5.65 Å². The van der Waals surface area contributed by atoms with Crippen LogP contribution < -0.4 is 5.32 Å². The molecule has 0 aliphatic rings. The van der Waals surface area contributed by atoms with Crippen LogP contribution in [0.4, 0.5) is 5.69 Å². The highest BCUT2D eigenvalue weighted by atomic mass is 16.4. The first-order valence-electron chi connectivity index (χ1n) is 7.71. The minimum Gasteiger partial charge on any atom is -0.454 e. The number of aromatic nitrogens is 4. The molecule has 8 heteroatoms. The van der Waals surface area contributed by atoms with E-state index in [4.69, 9.17) is 4.42 Å². The van der Waals surface area contributed by atoms with E-state index >= 15 is 0 Å². The Hall–Kier alpha value is -2.90. The van der Waals surface area contributed by atoms with Crippen LogP contribution in [0.1, 0.15) is 41.8 Å². The molecule has 1 N–H and O–H groups in total. The molecule has 1 amide bonds. The Morgan fingerprint density at radius 3 is 2.88 bits per heavy atom. The van der Waals surface area contributed by atoms with Gasteiger partial charge in [0.25, 0.3) is 5.91 Å². The van der Waals surface area contributed by atoms with Crippen molar-refractivity contribution in [3.8, 4) is 0 Å². The number of nitrogens with one attached hydrogen (secondary N) is 1. The van der Waals surface area contributed by atoms with Crippen LogP contribution in [-0.4, -0.2) is 44.7 Å². The van der Waals surface area contributed by atoms with Gasteiger partial charge >= 0.3 is 0 Å². The summed E-state index contributed by atoms with van der Waals surface area (Å²) in [5.41, 5.74) is 2.41. The van der Waals surface area contributed by atoms with Crippen molar-refractivity contribution in [2.24, 2.45) is 0 Å². The van der Waals surface area contributed by atoms with Gasteiger partial charge in [-0.05, 0) is 24.1 Å². The number of hydrogen-bond donors (Lipinski definition) is 1. The first-order valence-corrected chi connectivity index (χ1v) is 7.71.